The van der Waals surface area contributed by atoms with Crippen LogP contribution in [0.15, 0.2) is 48.5 Å². The lowest BCUT2D eigenvalue weighted by molar-refractivity contribution is -0.126. The van der Waals surface area contributed by atoms with Crippen molar-refractivity contribution in [1.29, 1.82) is 0 Å². The van der Waals surface area contributed by atoms with E-state index in [1.807, 2.05) is 30.3 Å². The van der Waals surface area contributed by atoms with E-state index in [0.29, 0.717) is 30.1 Å². The van der Waals surface area contributed by atoms with Gasteiger partial charge in [-0.05, 0) is 43.0 Å². The number of rotatable bonds is 4. The van der Waals surface area contributed by atoms with Crippen molar-refractivity contribution in [3.63, 3.8) is 0 Å². The first-order valence-electron chi connectivity index (χ1n) is 9.23. The number of amides is 2. The monoisotopic (exact) mass is 384 g/mol. The summed E-state index contributed by atoms with van der Waals surface area (Å²) in [6.07, 6.45) is 2.29. The minimum atomic E-state index is -0.511. The van der Waals surface area contributed by atoms with Crippen molar-refractivity contribution in [2.45, 2.75) is 37.9 Å². The smallest absolute Gasteiger partial charge is 0.253 e. The van der Waals surface area contributed by atoms with E-state index in [2.05, 4.69) is 5.32 Å². The zero-order valence-corrected chi connectivity index (χ0v) is 15.6. The van der Waals surface area contributed by atoms with Crippen LogP contribution in [0.2, 0.25) is 5.02 Å². The lowest BCUT2D eigenvalue weighted by Crippen LogP contribution is -2.28. The molecule has 2 aliphatic rings. The molecule has 140 valence electrons. The van der Waals surface area contributed by atoms with Gasteiger partial charge in [0.2, 0.25) is 5.91 Å². The Kier molecular flexibility index (Phi) is 5.14. The molecule has 0 spiro atoms. The molecular weight excluding hydrogens is 364 g/mol. The summed E-state index contributed by atoms with van der Waals surface area (Å²) in [4.78, 5) is 26.3. The number of carbonyl (C=O) groups is 2. The predicted octanol–water partition coefficient (Wildman–Crippen LogP) is 4.33. The zero-order valence-electron chi connectivity index (χ0n) is 14.9. The number of benzene rings is 2. The molecular formula is C21H21ClN2O3. The SMILES string of the molecule is O=C(Nc1cc(N2CCCC2=O)ccc1Cl)[C@H]1CC[C@@H](c2ccccc2)O1. The number of anilines is 2. The van der Waals surface area contributed by atoms with Gasteiger partial charge in [0.15, 0.2) is 0 Å². The Morgan fingerprint density at radius 1 is 1.15 bits per heavy atom. The van der Waals surface area contributed by atoms with Gasteiger partial charge in [0.25, 0.3) is 5.91 Å². The highest BCUT2D eigenvalue weighted by Crippen LogP contribution is 2.34. The first-order chi connectivity index (χ1) is 13.1. The van der Waals surface area contributed by atoms with Crippen LogP contribution in [0, 0.1) is 0 Å². The molecule has 1 N–H and O–H groups in total. The van der Waals surface area contributed by atoms with Crippen LogP contribution in [0.3, 0.4) is 0 Å². The molecule has 2 atom stereocenters. The summed E-state index contributed by atoms with van der Waals surface area (Å²) in [5.74, 6) is -0.111. The summed E-state index contributed by atoms with van der Waals surface area (Å²) < 4.78 is 5.95. The first-order valence-corrected chi connectivity index (χ1v) is 9.61. The fraction of sp³-hybridized carbons (Fsp3) is 0.333. The molecule has 2 heterocycles. The first kappa shape index (κ1) is 18.0. The number of carbonyl (C=O) groups excluding carboxylic acids is 2. The summed E-state index contributed by atoms with van der Waals surface area (Å²) >= 11 is 6.26. The van der Waals surface area contributed by atoms with Crippen molar-refractivity contribution in [2.75, 3.05) is 16.8 Å². The van der Waals surface area contributed by atoms with Gasteiger partial charge in [0, 0.05) is 18.7 Å². The topological polar surface area (TPSA) is 58.6 Å². The Hall–Kier alpha value is -2.37. The minimum absolute atomic E-state index is 0.0639. The molecule has 0 radical (unpaired) electrons. The Balaban J connectivity index is 1.44. The van der Waals surface area contributed by atoms with Crippen molar-refractivity contribution in [1.82, 2.24) is 0 Å². The van der Waals surface area contributed by atoms with Gasteiger partial charge in [-0.3, -0.25) is 9.59 Å². The summed E-state index contributed by atoms with van der Waals surface area (Å²) in [5, 5.41) is 3.31. The van der Waals surface area contributed by atoms with Crippen LogP contribution in [-0.4, -0.2) is 24.5 Å². The van der Waals surface area contributed by atoms with Crippen LogP contribution < -0.4 is 10.2 Å². The molecule has 2 fully saturated rings. The third kappa shape index (κ3) is 3.84. The number of ether oxygens (including phenoxy) is 1. The van der Waals surface area contributed by atoms with Crippen molar-refractivity contribution < 1.29 is 14.3 Å². The van der Waals surface area contributed by atoms with Gasteiger partial charge in [-0.2, -0.15) is 0 Å². The zero-order chi connectivity index (χ0) is 18.8. The molecule has 0 saturated carbocycles. The van der Waals surface area contributed by atoms with Crippen molar-refractivity contribution in [2.24, 2.45) is 0 Å². The lowest BCUT2D eigenvalue weighted by atomic mass is 10.1. The maximum Gasteiger partial charge on any atom is 0.253 e. The van der Waals surface area contributed by atoms with Gasteiger partial charge in [-0.25, -0.2) is 0 Å². The minimum Gasteiger partial charge on any atom is -0.360 e. The van der Waals surface area contributed by atoms with E-state index < -0.39 is 6.10 Å². The molecule has 0 aliphatic carbocycles. The highest BCUT2D eigenvalue weighted by Gasteiger charge is 2.32. The Labute approximate surface area is 163 Å². The van der Waals surface area contributed by atoms with Crippen molar-refractivity contribution in [3.05, 3.63) is 59.1 Å². The van der Waals surface area contributed by atoms with Crippen LogP contribution in [-0.2, 0) is 14.3 Å². The number of hydrogen-bond acceptors (Lipinski definition) is 3. The van der Waals surface area contributed by atoms with Crippen molar-refractivity contribution in [3.8, 4) is 0 Å². The normalized spacial score (nSPS) is 22.3. The lowest BCUT2D eigenvalue weighted by Gasteiger charge is -2.19. The maximum absolute atomic E-state index is 12.7. The predicted molar refractivity (Wildman–Crippen MR) is 105 cm³/mol. The summed E-state index contributed by atoms with van der Waals surface area (Å²) in [6.45, 7) is 0.693. The van der Waals surface area contributed by atoms with E-state index >= 15 is 0 Å². The molecule has 0 unspecified atom stereocenters. The standard InChI is InChI=1S/C21H21ClN2O3/c22-16-9-8-15(24-12-4-7-20(24)25)13-17(16)23-21(26)19-11-10-18(27-19)14-5-2-1-3-6-14/h1-3,5-6,8-9,13,18-19H,4,7,10-12H2,(H,23,26)/t18-,19+/m0/s1. The quantitative estimate of drug-likeness (QED) is 0.853. The molecule has 5 nitrogen and oxygen atoms in total. The van der Waals surface area contributed by atoms with Gasteiger partial charge >= 0.3 is 0 Å². The van der Waals surface area contributed by atoms with E-state index in [0.717, 1.165) is 24.1 Å². The molecule has 0 aromatic heterocycles. The Morgan fingerprint density at radius 3 is 2.70 bits per heavy atom. The second-order valence-corrected chi connectivity index (χ2v) is 7.31. The maximum atomic E-state index is 12.7. The molecule has 0 bridgehead atoms. The van der Waals surface area contributed by atoms with E-state index in [4.69, 9.17) is 16.3 Å². The second-order valence-electron chi connectivity index (χ2n) is 6.90. The van der Waals surface area contributed by atoms with Crippen molar-refractivity contribution >= 4 is 34.8 Å². The van der Waals surface area contributed by atoms with Gasteiger partial charge in [-0.1, -0.05) is 41.9 Å². The summed E-state index contributed by atoms with van der Waals surface area (Å²) in [7, 11) is 0. The average molecular weight is 385 g/mol. The Bertz CT molecular complexity index is 856. The third-order valence-electron chi connectivity index (χ3n) is 5.08. The van der Waals surface area contributed by atoms with Crippen LogP contribution in [0.5, 0.6) is 0 Å². The van der Waals surface area contributed by atoms with E-state index in [-0.39, 0.29) is 17.9 Å². The molecule has 27 heavy (non-hydrogen) atoms. The van der Waals surface area contributed by atoms with E-state index in [1.54, 1.807) is 23.1 Å². The Morgan fingerprint density at radius 2 is 1.96 bits per heavy atom. The number of nitrogens with zero attached hydrogens (tertiary/aromatic N) is 1. The van der Waals surface area contributed by atoms with E-state index in [9.17, 15) is 9.59 Å². The van der Waals surface area contributed by atoms with Crippen LogP contribution >= 0.6 is 11.6 Å². The average Bonchev–Trinajstić information content (AvgIpc) is 3.34. The van der Waals surface area contributed by atoms with Gasteiger partial charge in [0.1, 0.15) is 6.10 Å². The summed E-state index contributed by atoms with van der Waals surface area (Å²) in [6, 6.07) is 15.2. The fourth-order valence-corrected chi connectivity index (χ4v) is 3.82. The van der Waals surface area contributed by atoms with Gasteiger partial charge in [-0.15, -0.1) is 0 Å². The molecule has 2 aliphatic heterocycles. The molecule has 2 saturated heterocycles. The van der Waals surface area contributed by atoms with Crippen LogP contribution in [0.25, 0.3) is 0 Å². The molecule has 2 amide bonds. The van der Waals surface area contributed by atoms with E-state index in [1.165, 1.54) is 0 Å². The molecule has 6 heteroatoms. The van der Waals surface area contributed by atoms with Crippen LogP contribution in [0.4, 0.5) is 11.4 Å². The summed E-state index contributed by atoms with van der Waals surface area (Å²) in [5.41, 5.74) is 2.35. The molecule has 2 aromatic carbocycles. The molecule has 2 aromatic rings. The molecule has 4 rings (SSSR count). The number of nitrogens with one attached hydrogen (secondary N) is 1. The van der Waals surface area contributed by atoms with Crippen LogP contribution in [0.1, 0.15) is 37.4 Å². The van der Waals surface area contributed by atoms with Gasteiger partial charge in [0.05, 0.1) is 16.8 Å². The largest absolute Gasteiger partial charge is 0.360 e. The highest BCUT2D eigenvalue weighted by atomic mass is 35.5. The number of hydrogen-bond donors (Lipinski definition) is 1. The highest BCUT2D eigenvalue weighted by molar-refractivity contribution is 6.34. The second kappa shape index (κ2) is 7.71. The third-order valence-corrected chi connectivity index (χ3v) is 5.41. The number of halogens is 1. The fourth-order valence-electron chi connectivity index (χ4n) is 3.65. The van der Waals surface area contributed by atoms with Gasteiger partial charge < -0.3 is 15.0 Å².